The van der Waals surface area contributed by atoms with E-state index in [1.54, 1.807) is 7.11 Å². The third-order valence-electron chi connectivity index (χ3n) is 3.76. The lowest BCUT2D eigenvalue weighted by Gasteiger charge is -2.37. The molecule has 2 rings (SSSR count). The lowest BCUT2D eigenvalue weighted by molar-refractivity contribution is 0.212. The normalized spacial score (nSPS) is 23.6. The number of fused-ring (bicyclic) bond motifs is 1. The van der Waals surface area contributed by atoms with E-state index in [-0.39, 0.29) is 0 Å². The Morgan fingerprint density at radius 3 is 2.71 bits per heavy atom. The number of likely N-dealkylation sites (N-methyl/N-ethyl adjacent to an activating group) is 2. The van der Waals surface area contributed by atoms with Gasteiger partial charge in [-0.3, -0.25) is 0 Å². The summed E-state index contributed by atoms with van der Waals surface area (Å²) in [4.78, 5) is 2.31. The van der Waals surface area contributed by atoms with Crippen LogP contribution in [0.1, 0.15) is 23.6 Å². The zero-order valence-electron chi connectivity index (χ0n) is 11.2. The van der Waals surface area contributed by atoms with Crippen molar-refractivity contribution in [3.63, 3.8) is 0 Å². The highest BCUT2D eigenvalue weighted by Crippen LogP contribution is 2.34. The zero-order chi connectivity index (χ0) is 12.4. The van der Waals surface area contributed by atoms with Crippen LogP contribution < -0.4 is 10.1 Å². The molecule has 2 unspecified atom stereocenters. The monoisotopic (exact) mass is 234 g/mol. The van der Waals surface area contributed by atoms with Crippen molar-refractivity contribution < 1.29 is 4.74 Å². The van der Waals surface area contributed by atoms with Crippen LogP contribution in [0, 0.1) is 0 Å². The fourth-order valence-electron chi connectivity index (χ4n) is 2.80. The predicted octanol–water partition coefficient (Wildman–Crippen LogP) is 1.83. The maximum absolute atomic E-state index is 5.33. The van der Waals surface area contributed by atoms with Gasteiger partial charge in [0.2, 0.25) is 0 Å². The van der Waals surface area contributed by atoms with Crippen LogP contribution in [0.2, 0.25) is 0 Å². The molecule has 1 aromatic carbocycles. The second-order valence-corrected chi connectivity index (χ2v) is 4.90. The van der Waals surface area contributed by atoms with E-state index in [9.17, 15) is 0 Å². The Labute approximate surface area is 104 Å². The third-order valence-corrected chi connectivity index (χ3v) is 3.76. The first-order chi connectivity index (χ1) is 8.17. The van der Waals surface area contributed by atoms with E-state index in [2.05, 4.69) is 42.5 Å². The highest BCUT2D eigenvalue weighted by Gasteiger charge is 2.29. The zero-order valence-corrected chi connectivity index (χ0v) is 11.2. The van der Waals surface area contributed by atoms with Gasteiger partial charge >= 0.3 is 0 Å². The lowest BCUT2D eigenvalue weighted by Crippen LogP contribution is -2.42. The minimum absolute atomic E-state index is 0.392. The minimum Gasteiger partial charge on any atom is -0.497 e. The molecule has 0 saturated heterocycles. The Bertz CT molecular complexity index is 390. The number of benzene rings is 1. The Kier molecular flexibility index (Phi) is 3.69. The fraction of sp³-hybridized carbons (Fsp3) is 0.571. The van der Waals surface area contributed by atoms with Gasteiger partial charge in [-0.25, -0.2) is 0 Å². The summed E-state index contributed by atoms with van der Waals surface area (Å²) >= 11 is 0. The first-order valence-electron chi connectivity index (χ1n) is 6.18. The first kappa shape index (κ1) is 12.4. The van der Waals surface area contributed by atoms with Gasteiger partial charge < -0.3 is 15.0 Å². The lowest BCUT2D eigenvalue weighted by atomic mass is 9.83. The summed E-state index contributed by atoms with van der Waals surface area (Å²) in [6.45, 7) is 0. The highest BCUT2D eigenvalue weighted by atomic mass is 16.5. The molecule has 1 aliphatic carbocycles. The molecule has 17 heavy (non-hydrogen) atoms. The smallest absolute Gasteiger partial charge is 0.119 e. The van der Waals surface area contributed by atoms with Crippen molar-refractivity contribution in [2.45, 2.75) is 24.9 Å². The summed E-state index contributed by atoms with van der Waals surface area (Å²) in [6, 6.07) is 7.38. The SMILES string of the molecule is CNC1c2cc(OC)ccc2CCC1N(C)C. The molecule has 0 heterocycles. The molecule has 0 bridgehead atoms. The van der Waals surface area contributed by atoms with Crippen LogP contribution in [0.15, 0.2) is 18.2 Å². The van der Waals surface area contributed by atoms with Gasteiger partial charge in [0.1, 0.15) is 5.75 Å². The van der Waals surface area contributed by atoms with Gasteiger partial charge in [0, 0.05) is 12.1 Å². The number of hydrogen-bond donors (Lipinski definition) is 1. The van der Waals surface area contributed by atoms with Gasteiger partial charge in [-0.2, -0.15) is 0 Å². The molecule has 0 fully saturated rings. The third kappa shape index (κ3) is 2.31. The molecule has 0 amide bonds. The van der Waals surface area contributed by atoms with Crippen LogP contribution in [-0.4, -0.2) is 39.2 Å². The Balaban J connectivity index is 2.38. The molecule has 0 radical (unpaired) electrons. The summed E-state index contributed by atoms with van der Waals surface area (Å²) < 4.78 is 5.33. The first-order valence-corrected chi connectivity index (χ1v) is 6.18. The van der Waals surface area contributed by atoms with Crippen LogP contribution in [0.25, 0.3) is 0 Å². The molecule has 0 saturated carbocycles. The second kappa shape index (κ2) is 5.07. The Morgan fingerprint density at radius 2 is 2.12 bits per heavy atom. The van der Waals surface area contributed by atoms with E-state index >= 15 is 0 Å². The fourth-order valence-corrected chi connectivity index (χ4v) is 2.80. The number of rotatable bonds is 3. The molecule has 0 aromatic heterocycles. The number of nitrogens with one attached hydrogen (secondary N) is 1. The summed E-state index contributed by atoms with van der Waals surface area (Å²) in [5.74, 6) is 0.948. The molecule has 94 valence electrons. The summed E-state index contributed by atoms with van der Waals surface area (Å²) in [7, 11) is 8.07. The molecule has 1 aliphatic rings. The van der Waals surface area contributed by atoms with E-state index < -0.39 is 0 Å². The average molecular weight is 234 g/mol. The van der Waals surface area contributed by atoms with Crippen molar-refractivity contribution in [1.29, 1.82) is 0 Å². The summed E-state index contributed by atoms with van der Waals surface area (Å²) in [5, 5.41) is 3.45. The van der Waals surface area contributed by atoms with Crippen LogP contribution in [0.5, 0.6) is 5.75 Å². The van der Waals surface area contributed by atoms with Gasteiger partial charge in [0.25, 0.3) is 0 Å². The molecular weight excluding hydrogens is 212 g/mol. The molecule has 1 N–H and O–H groups in total. The standard InChI is InChI=1S/C14H22N2O/c1-15-14-12-9-11(17-4)7-5-10(12)6-8-13(14)16(2)3/h5,7,9,13-15H,6,8H2,1-4H3. The Morgan fingerprint density at radius 1 is 1.35 bits per heavy atom. The summed E-state index contributed by atoms with van der Waals surface area (Å²) in [5.41, 5.74) is 2.83. The minimum atomic E-state index is 0.392. The van der Waals surface area contributed by atoms with Crippen LogP contribution >= 0.6 is 0 Å². The van der Waals surface area contributed by atoms with E-state index in [1.807, 2.05) is 7.05 Å². The van der Waals surface area contributed by atoms with Crippen molar-refractivity contribution in [3.05, 3.63) is 29.3 Å². The molecule has 0 spiro atoms. The van der Waals surface area contributed by atoms with E-state index in [0.717, 1.165) is 12.2 Å². The molecule has 0 aliphatic heterocycles. The Hall–Kier alpha value is -1.06. The van der Waals surface area contributed by atoms with Gasteiger partial charge in [0.05, 0.1) is 7.11 Å². The molecule has 3 heteroatoms. The number of methoxy groups -OCH3 is 1. The average Bonchev–Trinajstić information content (AvgIpc) is 2.36. The van der Waals surface area contributed by atoms with Gasteiger partial charge in [-0.15, -0.1) is 0 Å². The van der Waals surface area contributed by atoms with Crippen LogP contribution in [0.4, 0.5) is 0 Å². The van der Waals surface area contributed by atoms with Crippen molar-refractivity contribution in [1.82, 2.24) is 10.2 Å². The molecular formula is C14H22N2O. The topological polar surface area (TPSA) is 24.5 Å². The number of ether oxygens (including phenoxy) is 1. The predicted molar refractivity (Wildman–Crippen MR) is 70.6 cm³/mol. The van der Waals surface area contributed by atoms with E-state index in [0.29, 0.717) is 12.1 Å². The largest absolute Gasteiger partial charge is 0.497 e. The van der Waals surface area contributed by atoms with E-state index in [4.69, 9.17) is 4.74 Å². The van der Waals surface area contributed by atoms with Gasteiger partial charge in [0.15, 0.2) is 0 Å². The number of nitrogens with zero attached hydrogens (tertiary/aromatic N) is 1. The van der Waals surface area contributed by atoms with Gasteiger partial charge in [-0.05, 0) is 57.2 Å². The number of hydrogen-bond acceptors (Lipinski definition) is 3. The second-order valence-electron chi connectivity index (χ2n) is 4.90. The molecule has 3 nitrogen and oxygen atoms in total. The van der Waals surface area contributed by atoms with Crippen LogP contribution in [-0.2, 0) is 6.42 Å². The van der Waals surface area contributed by atoms with Crippen molar-refractivity contribution in [3.8, 4) is 5.75 Å². The molecule has 1 aromatic rings. The van der Waals surface area contributed by atoms with Crippen molar-refractivity contribution in [2.75, 3.05) is 28.3 Å². The summed E-state index contributed by atoms with van der Waals surface area (Å²) in [6.07, 6.45) is 2.36. The van der Waals surface area contributed by atoms with Crippen molar-refractivity contribution >= 4 is 0 Å². The van der Waals surface area contributed by atoms with Crippen molar-refractivity contribution in [2.24, 2.45) is 0 Å². The van der Waals surface area contributed by atoms with E-state index in [1.165, 1.54) is 17.5 Å². The highest BCUT2D eigenvalue weighted by molar-refractivity contribution is 5.40. The maximum atomic E-state index is 5.33. The van der Waals surface area contributed by atoms with Crippen LogP contribution in [0.3, 0.4) is 0 Å². The quantitative estimate of drug-likeness (QED) is 0.863. The number of aryl methyl sites for hydroxylation is 1. The van der Waals surface area contributed by atoms with Gasteiger partial charge in [-0.1, -0.05) is 6.07 Å². The molecule has 2 atom stereocenters. The maximum Gasteiger partial charge on any atom is 0.119 e.